The van der Waals surface area contributed by atoms with Crippen LogP contribution in [0.15, 0.2) is 36.4 Å². The Kier molecular flexibility index (Phi) is 8.80. The summed E-state index contributed by atoms with van der Waals surface area (Å²) in [5.41, 5.74) is 3.05. The lowest BCUT2D eigenvalue weighted by Gasteiger charge is -2.32. The second kappa shape index (κ2) is 12.7. The van der Waals surface area contributed by atoms with E-state index in [1.807, 2.05) is 24.8 Å². The predicted molar refractivity (Wildman–Crippen MR) is 174 cm³/mol. The number of carbonyl (C=O) groups is 2. The van der Waals surface area contributed by atoms with E-state index in [1.54, 1.807) is 26.8 Å². The number of aromatic amines is 1. The number of alkyl carbamates (subject to hydrolysis) is 1. The van der Waals surface area contributed by atoms with Crippen LogP contribution < -0.4 is 10.6 Å². The summed E-state index contributed by atoms with van der Waals surface area (Å²) in [5, 5.41) is 7.31. The first-order valence-electron chi connectivity index (χ1n) is 16.4. The zero-order chi connectivity index (χ0) is 32.7. The number of benzene rings is 2. The van der Waals surface area contributed by atoms with E-state index < -0.39 is 17.7 Å². The minimum atomic E-state index is -0.752. The summed E-state index contributed by atoms with van der Waals surface area (Å²) in [4.78, 5) is 37.0. The fourth-order valence-electron chi connectivity index (χ4n) is 6.94. The van der Waals surface area contributed by atoms with Crippen LogP contribution in [0.4, 0.5) is 13.6 Å². The summed E-state index contributed by atoms with van der Waals surface area (Å²) in [5.74, 6) is -0.414. The lowest BCUT2D eigenvalue weighted by atomic mass is 10.0. The van der Waals surface area contributed by atoms with Gasteiger partial charge in [0.2, 0.25) is 5.91 Å². The van der Waals surface area contributed by atoms with Gasteiger partial charge in [0.1, 0.15) is 23.3 Å². The first-order chi connectivity index (χ1) is 21.9. The molecule has 2 amide bonds. The number of hydrogen-bond acceptors (Lipinski definition) is 5. The quantitative estimate of drug-likeness (QED) is 0.211. The van der Waals surface area contributed by atoms with Gasteiger partial charge in [-0.2, -0.15) is 0 Å². The molecule has 2 fully saturated rings. The lowest BCUT2D eigenvalue weighted by Crippen LogP contribution is -2.53. The van der Waals surface area contributed by atoms with Gasteiger partial charge < -0.3 is 29.8 Å². The molecule has 0 bridgehead atoms. The third-order valence-electron chi connectivity index (χ3n) is 9.07. The highest BCUT2D eigenvalue weighted by atomic mass is 19.1. The van der Waals surface area contributed by atoms with Crippen molar-refractivity contribution in [1.82, 2.24) is 30.1 Å². The molecular weight excluding hydrogens is 590 g/mol. The van der Waals surface area contributed by atoms with Crippen molar-refractivity contribution in [1.29, 1.82) is 0 Å². The average Bonchev–Trinajstić information content (AvgIpc) is 3.78. The van der Waals surface area contributed by atoms with Gasteiger partial charge >= 0.3 is 6.09 Å². The van der Waals surface area contributed by atoms with E-state index >= 15 is 0 Å². The Balaban J connectivity index is 1.38. The maximum atomic E-state index is 14.5. The molecule has 4 heterocycles. The van der Waals surface area contributed by atoms with E-state index in [2.05, 4.69) is 20.2 Å². The van der Waals surface area contributed by atoms with Crippen LogP contribution in [0.1, 0.15) is 65.9 Å². The van der Waals surface area contributed by atoms with Crippen LogP contribution in [0.25, 0.3) is 33.5 Å². The maximum absolute atomic E-state index is 14.5. The highest BCUT2D eigenvalue weighted by Gasteiger charge is 2.37. The fourth-order valence-corrected chi connectivity index (χ4v) is 6.94. The van der Waals surface area contributed by atoms with Gasteiger partial charge in [-0.25, -0.2) is 18.6 Å². The number of aromatic nitrogens is 3. The largest absolute Gasteiger partial charge is 0.444 e. The molecular formula is C35H44F2N6O3. The van der Waals surface area contributed by atoms with Crippen molar-refractivity contribution in [3.8, 4) is 11.5 Å². The molecule has 0 spiro atoms. The Morgan fingerprint density at radius 1 is 1.09 bits per heavy atom. The van der Waals surface area contributed by atoms with Crippen molar-refractivity contribution in [3.63, 3.8) is 0 Å². The molecule has 9 nitrogen and oxygen atoms in total. The van der Waals surface area contributed by atoms with E-state index in [1.165, 1.54) is 24.3 Å². The molecule has 0 aliphatic carbocycles. The molecule has 11 heteroatoms. The van der Waals surface area contributed by atoms with Gasteiger partial charge in [0.15, 0.2) is 5.82 Å². The van der Waals surface area contributed by atoms with Crippen molar-refractivity contribution in [2.75, 3.05) is 13.1 Å². The fraction of sp³-hybridized carbons (Fsp3) is 0.514. The average molecular weight is 635 g/mol. The predicted octanol–water partition coefficient (Wildman–Crippen LogP) is 6.30. The topological polar surface area (TPSA) is 104 Å². The number of nitrogens with zero attached hydrogens (tertiary/aromatic N) is 3. The number of imidazole rings is 1. The lowest BCUT2D eigenvalue weighted by molar-refractivity contribution is -0.135. The van der Waals surface area contributed by atoms with Crippen LogP contribution in [0.5, 0.6) is 0 Å². The second-order valence-corrected chi connectivity index (χ2v) is 14.0. The van der Waals surface area contributed by atoms with Crippen molar-refractivity contribution in [2.24, 2.45) is 5.92 Å². The molecule has 3 N–H and O–H groups in total. The summed E-state index contributed by atoms with van der Waals surface area (Å²) >= 11 is 0. The highest BCUT2D eigenvalue weighted by Crippen LogP contribution is 2.35. The van der Waals surface area contributed by atoms with Gasteiger partial charge in [0.25, 0.3) is 0 Å². The Morgan fingerprint density at radius 3 is 2.57 bits per heavy atom. The summed E-state index contributed by atoms with van der Waals surface area (Å²) < 4.78 is 36.4. The molecule has 46 heavy (non-hydrogen) atoms. The highest BCUT2D eigenvalue weighted by molar-refractivity contribution is 5.92. The number of rotatable bonds is 8. The van der Waals surface area contributed by atoms with Gasteiger partial charge in [-0.05, 0) is 101 Å². The van der Waals surface area contributed by atoms with Crippen LogP contribution >= 0.6 is 0 Å². The van der Waals surface area contributed by atoms with E-state index in [0.29, 0.717) is 29.9 Å². The van der Waals surface area contributed by atoms with Crippen LogP contribution in [0.3, 0.4) is 0 Å². The Hall–Kier alpha value is -3.99. The number of amides is 2. The molecule has 6 rings (SSSR count). The zero-order valence-corrected chi connectivity index (χ0v) is 27.3. The number of H-pyrrole nitrogens is 1. The van der Waals surface area contributed by atoms with Crippen molar-refractivity contribution >= 4 is 33.9 Å². The molecule has 2 aromatic carbocycles. The SMILES string of the molecule is CC(C)[C@H](NC(=O)OC(C)(C)C)C(=O)N1CCC[C@H]1Cn1c(-c2[nH]c3cc(F)ccc3c2C[C@@H]2CCCN2)nc2cc(F)ccc21. The van der Waals surface area contributed by atoms with Gasteiger partial charge in [0, 0.05) is 42.1 Å². The van der Waals surface area contributed by atoms with Crippen molar-refractivity contribution < 1.29 is 23.1 Å². The number of fused-ring (bicyclic) bond motifs is 2. The molecule has 2 aliphatic rings. The second-order valence-electron chi connectivity index (χ2n) is 14.0. The summed E-state index contributed by atoms with van der Waals surface area (Å²) in [7, 11) is 0. The van der Waals surface area contributed by atoms with Gasteiger partial charge in [-0.3, -0.25) is 4.79 Å². The molecule has 2 saturated heterocycles. The van der Waals surface area contributed by atoms with Gasteiger partial charge in [0.05, 0.1) is 16.7 Å². The third-order valence-corrected chi connectivity index (χ3v) is 9.07. The summed E-state index contributed by atoms with van der Waals surface area (Å²) in [6, 6.07) is 8.70. The van der Waals surface area contributed by atoms with Crippen LogP contribution in [0.2, 0.25) is 0 Å². The standard InChI is InChI=1S/C35H44F2N6O3/c1-20(2)30(41-34(45)46-35(3,4)5)33(44)42-15-7-9-24(42)19-43-29-13-11-22(37)17-28(29)40-32(43)31-26(18-23-8-6-14-38-23)25-12-10-21(36)16-27(25)39-31/h10-13,16-17,20,23-24,30,38-39H,6-9,14-15,18-19H2,1-5H3,(H,41,45)/t23-,24-,30-/m0/s1. The van der Waals surface area contributed by atoms with Crippen molar-refractivity contribution in [2.45, 2.75) is 97.0 Å². The van der Waals surface area contributed by atoms with E-state index in [0.717, 1.165) is 60.8 Å². The summed E-state index contributed by atoms with van der Waals surface area (Å²) in [6.45, 7) is 11.1. The number of halogens is 2. The molecule has 0 saturated carbocycles. The molecule has 2 aromatic heterocycles. The Labute approximate surface area is 268 Å². The van der Waals surface area contributed by atoms with E-state index in [4.69, 9.17) is 9.72 Å². The number of nitrogens with one attached hydrogen (secondary N) is 3. The smallest absolute Gasteiger partial charge is 0.408 e. The minimum Gasteiger partial charge on any atom is -0.444 e. The maximum Gasteiger partial charge on any atom is 0.408 e. The third kappa shape index (κ3) is 6.61. The Bertz CT molecular complexity index is 1750. The molecule has 3 atom stereocenters. The van der Waals surface area contributed by atoms with Crippen molar-refractivity contribution in [3.05, 3.63) is 53.6 Å². The van der Waals surface area contributed by atoms with Crippen LogP contribution in [-0.2, 0) is 22.5 Å². The number of carbonyl (C=O) groups excluding carboxylic acids is 2. The van der Waals surface area contributed by atoms with Crippen LogP contribution in [-0.4, -0.2) is 68.3 Å². The van der Waals surface area contributed by atoms with E-state index in [-0.39, 0.29) is 35.5 Å². The van der Waals surface area contributed by atoms with E-state index in [9.17, 15) is 18.4 Å². The molecule has 0 radical (unpaired) electrons. The molecule has 0 unspecified atom stereocenters. The monoisotopic (exact) mass is 634 g/mol. The first kappa shape index (κ1) is 32.0. The van der Waals surface area contributed by atoms with Gasteiger partial charge in [-0.1, -0.05) is 13.8 Å². The molecule has 2 aliphatic heterocycles. The minimum absolute atomic E-state index is 0.158. The summed E-state index contributed by atoms with van der Waals surface area (Å²) in [6.07, 6.45) is 3.83. The number of likely N-dealkylation sites (tertiary alicyclic amines) is 1. The molecule has 246 valence electrons. The Morgan fingerprint density at radius 2 is 1.85 bits per heavy atom. The number of ether oxygens (including phenoxy) is 1. The normalized spacial score (nSPS) is 19.4. The number of hydrogen-bond donors (Lipinski definition) is 3. The first-order valence-corrected chi connectivity index (χ1v) is 16.4. The van der Waals surface area contributed by atoms with Crippen LogP contribution in [0, 0.1) is 17.6 Å². The molecule has 4 aromatic rings. The zero-order valence-electron chi connectivity index (χ0n) is 27.3. The van der Waals surface area contributed by atoms with Gasteiger partial charge in [-0.15, -0.1) is 0 Å².